The number of nitrogens with zero attached hydrogens (tertiary/aromatic N) is 2. The van der Waals surface area contributed by atoms with E-state index >= 15 is 0 Å². The quantitative estimate of drug-likeness (QED) is 0.515. The fourth-order valence-electron chi connectivity index (χ4n) is 3.01. The van der Waals surface area contributed by atoms with Crippen LogP contribution >= 0.6 is 0 Å². The monoisotopic (exact) mass is 403 g/mol. The minimum absolute atomic E-state index is 0.250. The third kappa shape index (κ3) is 6.35. The molecule has 0 aliphatic heterocycles. The number of hydrogen-bond donors (Lipinski definition) is 1. The van der Waals surface area contributed by atoms with Crippen LogP contribution in [0.5, 0.6) is 11.5 Å². The first-order valence-electron chi connectivity index (χ1n) is 9.41. The zero-order chi connectivity index (χ0) is 21.2. The summed E-state index contributed by atoms with van der Waals surface area (Å²) in [5.41, 5.74) is 2.66. The highest BCUT2D eigenvalue weighted by Gasteiger charge is 2.09. The number of ether oxygens (including phenoxy) is 3. The lowest BCUT2D eigenvalue weighted by Gasteiger charge is -2.22. The largest absolute Gasteiger partial charge is 0.493 e. The number of aliphatic imine (C=N–C) groups is 1. The number of rotatable bonds is 9. The zero-order valence-electron chi connectivity index (χ0n) is 17.8. The summed E-state index contributed by atoms with van der Waals surface area (Å²) in [4.78, 5) is 6.39. The van der Waals surface area contributed by atoms with Gasteiger partial charge in [-0.15, -0.1) is 0 Å². The number of methoxy groups -OCH3 is 3. The molecular weight excluding hydrogens is 373 g/mol. The lowest BCUT2D eigenvalue weighted by atomic mass is 10.1. The molecule has 0 aromatic heterocycles. The summed E-state index contributed by atoms with van der Waals surface area (Å²) in [7, 11) is 8.54. The normalized spacial score (nSPS) is 11.3. The molecule has 29 heavy (non-hydrogen) atoms. The highest BCUT2D eigenvalue weighted by molar-refractivity contribution is 5.79. The highest BCUT2D eigenvalue weighted by atomic mass is 19.1. The number of nitrogens with one attached hydrogen (secondary N) is 1. The van der Waals surface area contributed by atoms with Gasteiger partial charge in [0, 0.05) is 39.9 Å². The van der Waals surface area contributed by atoms with E-state index in [1.165, 1.54) is 6.07 Å². The Labute approximate surface area is 172 Å². The molecule has 0 saturated carbocycles. The first-order valence-corrected chi connectivity index (χ1v) is 9.41. The van der Waals surface area contributed by atoms with Crippen molar-refractivity contribution in [1.29, 1.82) is 0 Å². The van der Waals surface area contributed by atoms with E-state index < -0.39 is 0 Å². The second-order valence-corrected chi connectivity index (χ2v) is 6.62. The Bertz CT molecular complexity index is 827. The van der Waals surface area contributed by atoms with Gasteiger partial charge >= 0.3 is 0 Å². The van der Waals surface area contributed by atoms with Crippen LogP contribution < -0.4 is 14.8 Å². The summed E-state index contributed by atoms with van der Waals surface area (Å²) in [5.74, 6) is 1.95. The summed E-state index contributed by atoms with van der Waals surface area (Å²) in [6.07, 6.45) is 0.825. The van der Waals surface area contributed by atoms with Crippen LogP contribution in [-0.4, -0.2) is 52.8 Å². The summed E-state index contributed by atoms with van der Waals surface area (Å²) in [6, 6.07) is 11.0. The first kappa shape index (κ1) is 22.5. The van der Waals surface area contributed by atoms with E-state index in [2.05, 4.69) is 15.2 Å². The Balaban J connectivity index is 1.94. The Hall–Kier alpha value is -2.80. The molecule has 7 heteroatoms. The van der Waals surface area contributed by atoms with E-state index in [0.717, 1.165) is 35.8 Å². The maximum absolute atomic E-state index is 13.8. The van der Waals surface area contributed by atoms with Gasteiger partial charge in [-0.05, 0) is 41.8 Å². The Morgan fingerprint density at radius 2 is 1.76 bits per heavy atom. The molecule has 2 rings (SSSR count). The van der Waals surface area contributed by atoms with E-state index in [1.807, 2.05) is 31.3 Å². The van der Waals surface area contributed by atoms with Crippen molar-refractivity contribution in [3.05, 3.63) is 58.9 Å². The average Bonchev–Trinajstić information content (AvgIpc) is 2.74. The number of guanidine groups is 1. The van der Waals surface area contributed by atoms with E-state index in [0.29, 0.717) is 17.9 Å². The number of benzene rings is 2. The molecule has 2 aromatic carbocycles. The molecule has 1 N–H and O–H groups in total. The van der Waals surface area contributed by atoms with Crippen molar-refractivity contribution in [2.45, 2.75) is 19.6 Å². The molecule has 0 saturated heterocycles. The lowest BCUT2D eigenvalue weighted by Crippen LogP contribution is -2.39. The van der Waals surface area contributed by atoms with Gasteiger partial charge in [-0.3, -0.25) is 4.99 Å². The molecule has 0 spiro atoms. The van der Waals surface area contributed by atoms with Crippen LogP contribution in [0.1, 0.15) is 16.7 Å². The van der Waals surface area contributed by atoms with Gasteiger partial charge in [-0.1, -0.05) is 12.1 Å². The maximum atomic E-state index is 13.8. The van der Waals surface area contributed by atoms with Gasteiger partial charge in [0.05, 0.1) is 20.8 Å². The topological polar surface area (TPSA) is 55.3 Å². The molecule has 158 valence electrons. The van der Waals surface area contributed by atoms with Crippen molar-refractivity contribution < 1.29 is 18.6 Å². The smallest absolute Gasteiger partial charge is 0.193 e. The van der Waals surface area contributed by atoms with Gasteiger partial charge in [0.25, 0.3) is 0 Å². The molecule has 0 fully saturated rings. The molecule has 0 aliphatic carbocycles. The molecular formula is C22H30FN3O3. The third-order valence-electron chi connectivity index (χ3n) is 4.62. The van der Waals surface area contributed by atoms with Crippen molar-refractivity contribution in [2.75, 3.05) is 42.0 Å². The van der Waals surface area contributed by atoms with E-state index in [9.17, 15) is 4.39 Å². The first-order chi connectivity index (χ1) is 14.0. The zero-order valence-corrected chi connectivity index (χ0v) is 17.8. The van der Waals surface area contributed by atoms with Crippen LogP contribution in [0.4, 0.5) is 4.39 Å². The minimum atomic E-state index is -0.257. The maximum Gasteiger partial charge on any atom is 0.193 e. The molecule has 0 unspecified atom stereocenters. The molecule has 0 bridgehead atoms. The predicted molar refractivity (Wildman–Crippen MR) is 113 cm³/mol. The summed E-state index contributed by atoms with van der Waals surface area (Å²) < 4.78 is 29.5. The van der Waals surface area contributed by atoms with Gasteiger partial charge < -0.3 is 24.4 Å². The molecule has 0 aliphatic rings. The van der Waals surface area contributed by atoms with Gasteiger partial charge in [-0.25, -0.2) is 4.39 Å². The lowest BCUT2D eigenvalue weighted by molar-refractivity contribution is 0.181. The van der Waals surface area contributed by atoms with Gasteiger partial charge in [0.15, 0.2) is 17.5 Å². The molecule has 0 atom stereocenters. The Morgan fingerprint density at radius 3 is 2.41 bits per heavy atom. The van der Waals surface area contributed by atoms with Crippen LogP contribution in [0.15, 0.2) is 41.4 Å². The van der Waals surface area contributed by atoms with Gasteiger partial charge in [-0.2, -0.15) is 0 Å². The van der Waals surface area contributed by atoms with Crippen molar-refractivity contribution in [2.24, 2.45) is 4.99 Å². The minimum Gasteiger partial charge on any atom is -0.493 e. The average molecular weight is 403 g/mol. The highest BCUT2D eigenvalue weighted by Crippen LogP contribution is 2.27. The Morgan fingerprint density at radius 1 is 1.03 bits per heavy atom. The molecule has 0 amide bonds. The van der Waals surface area contributed by atoms with Crippen LogP contribution in [0, 0.1) is 5.82 Å². The number of likely N-dealkylation sites (N-methyl/N-ethyl adjacent to an activating group) is 1. The molecule has 6 nitrogen and oxygen atoms in total. The van der Waals surface area contributed by atoms with Crippen LogP contribution in [0.25, 0.3) is 0 Å². The summed E-state index contributed by atoms with van der Waals surface area (Å²) >= 11 is 0. The summed E-state index contributed by atoms with van der Waals surface area (Å²) in [5, 5.41) is 3.32. The van der Waals surface area contributed by atoms with Crippen LogP contribution in [0.3, 0.4) is 0 Å². The molecule has 0 heterocycles. The van der Waals surface area contributed by atoms with E-state index in [1.54, 1.807) is 34.4 Å². The fourth-order valence-corrected chi connectivity index (χ4v) is 3.01. The van der Waals surface area contributed by atoms with E-state index in [-0.39, 0.29) is 12.4 Å². The second kappa shape index (κ2) is 11.3. The van der Waals surface area contributed by atoms with E-state index in [4.69, 9.17) is 14.2 Å². The molecule has 2 aromatic rings. The SMILES string of the molecule is CN=C(NCc1ccc(F)c(COC)c1)N(C)CCc1ccc(OC)c(OC)c1. The summed E-state index contributed by atoms with van der Waals surface area (Å²) in [6.45, 7) is 1.57. The second-order valence-electron chi connectivity index (χ2n) is 6.62. The number of hydrogen-bond acceptors (Lipinski definition) is 4. The van der Waals surface area contributed by atoms with Crippen LogP contribution in [-0.2, 0) is 24.3 Å². The number of halogens is 1. The fraction of sp³-hybridized carbons (Fsp3) is 0.409. The predicted octanol–water partition coefficient (Wildman–Crippen LogP) is 3.24. The van der Waals surface area contributed by atoms with Gasteiger partial charge in [0.2, 0.25) is 0 Å². The van der Waals surface area contributed by atoms with Crippen molar-refractivity contribution in [1.82, 2.24) is 10.2 Å². The standard InChI is InChI=1S/C22H30FN3O3/c1-24-22(25-14-17-6-8-19(23)18(12-17)15-27-3)26(2)11-10-16-7-9-20(28-4)21(13-16)29-5/h6-9,12-13H,10-11,14-15H2,1-5H3,(H,24,25). The Kier molecular flexibility index (Phi) is 8.73. The molecule has 0 radical (unpaired) electrons. The van der Waals surface area contributed by atoms with Gasteiger partial charge in [0.1, 0.15) is 5.82 Å². The van der Waals surface area contributed by atoms with Crippen molar-refractivity contribution >= 4 is 5.96 Å². The van der Waals surface area contributed by atoms with Crippen molar-refractivity contribution in [3.8, 4) is 11.5 Å². The van der Waals surface area contributed by atoms with Crippen molar-refractivity contribution in [3.63, 3.8) is 0 Å². The third-order valence-corrected chi connectivity index (χ3v) is 4.62. The van der Waals surface area contributed by atoms with Crippen LogP contribution in [0.2, 0.25) is 0 Å².